The molecule has 0 radical (unpaired) electrons. The maximum absolute atomic E-state index is 4.68. The van der Waals surface area contributed by atoms with E-state index in [9.17, 15) is 0 Å². The van der Waals surface area contributed by atoms with Gasteiger partial charge in [-0.15, -0.1) is 0 Å². The molecule has 1 unspecified atom stereocenters. The highest BCUT2D eigenvalue weighted by Crippen LogP contribution is 2.28. The molecule has 1 atom stereocenters. The van der Waals surface area contributed by atoms with Crippen molar-refractivity contribution in [2.75, 3.05) is 37.6 Å². The molecule has 27 heavy (non-hydrogen) atoms. The Hall–Kier alpha value is -1.20. The summed E-state index contributed by atoms with van der Waals surface area (Å²) in [5.41, 5.74) is 2.65. The van der Waals surface area contributed by atoms with Crippen molar-refractivity contribution < 1.29 is 0 Å². The van der Waals surface area contributed by atoms with Gasteiger partial charge in [-0.3, -0.25) is 9.80 Å². The molecule has 3 heterocycles. The van der Waals surface area contributed by atoms with E-state index in [1.165, 1.54) is 23.5 Å². The van der Waals surface area contributed by atoms with E-state index in [2.05, 4.69) is 59.3 Å². The van der Waals surface area contributed by atoms with E-state index in [0.29, 0.717) is 12.1 Å². The van der Waals surface area contributed by atoms with Gasteiger partial charge in [0, 0.05) is 56.9 Å². The van der Waals surface area contributed by atoms with Crippen LogP contribution in [-0.4, -0.2) is 64.6 Å². The van der Waals surface area contributed by atoms with E-state index in [1.54, 1.807) is 6.33 Å². The average Bonchev–Trinajstić information content (AvgIpc) is 2.68. The molecule has 2 aliphatic heterocycles. The summed E-state index contributed by atoms with van der Waals surface area (Å²) in [6, 6.07) is 1.26. The zero-order valence-corrected chi connectivity index (χ0v) is 18.7. The van der Waals surface area contributed by atoms with Gasteiger partial charge in [0.2, 0.25) is 0 Å². The first kappa shape index (κ1) is 22.1. The molecule has 5 heteroatoms. The lowest BCUT2D eigenvalue weighted by atomic mass is 9.99. The molecule has 0 bridgehead atoms. The molecule has 154 valence electrons. The predicted molar refractivity (Wildman–Crippen MR) is 115 cm³/mol. The SMILES string of the molecule is CC.CC(C)CC(C)N1CCc2c(ncnc2N2CCN(C(C)C)CC2)C1. The number of aromatic nitrogens is 2. The van der Waals surface area contributed by atoms with Crippen molar-refractivity contribution in [1.82, 2.24) is 19.8 Å². The van der Waals surface area contributed by atoms with E-state index in [-0.39, 0.29) is 0 Å². The molecule has 0 amide bonds. The molecule has 1 fully saturated rings. The fourth-order valence-electron chi connectivity index (χ4n) is 4.29. The molecule has 1 aromatic heterocycles. The highest BCUT2D eigenvalue weighted by Gasteiger charge is 2.28. The van der Waals surface area contributed by atoms with Gasteiger partial charge in [-0.25, -0.2) is 9.97 Å². The minimum Gasteiger partial charge on any atom is -0.354 e. The Kier molecular flexibility index (Phi) is 8.49. The van der Waals surface area contributed by atoms with Gasteiger partial charge in [-0.05, 0) is 39.5 Å². The summed E-state index contributed by atoms with van der Waals surface area (Å²) in [5, 5.41) is 0. The number of fused-ring (bicyclic) bond motifs is 1. The first-order chi connectivity index (χ1) is 13.0. The van der Waals surface area contributed by atoms with Crippen molar-refractivity contribution in [1.29, 1.82) is 0 Å². The van der Waals surface area contributed by atoms with Gasteiger partial charge in [0.25, 0.3) is 0 Å². The number of piperazine rings is 1. The zero-order valence-electron chi connectivity index (χ0n) is 18.7. The highest BCUT2D eigenvalue weighted by atomic mass is 15.3. The molecule has 1 saturated heterocycles. The second-order valence-corrected chi connectivity index (χ2v) is 8.44. The van der Waals surface area contributed by atoms with Gasteiger partial charge in [-0.2, -0.15) is 0 Å². The largest absolute Gasteiger partial charge is 0.354 e. The minimum atomic E-state index is 0.626. The van der Waals surface area contributed by atoms with Crippen molar-refractivity contribution in [3.05, 3.63) is 17.6 Å². The van der Waals surface area contributed by atoms with Crippen LogP contribution in [0.2, 0.25) is 0 Å². The summed E-state index contributed by atoms with van der Waals surface area (Å²) in [4.78, 5) is 16.9. The van der Waals surface area contributed by atoms with E-state index < -0.39 is 0 Å². The molecular formula is C22H41N5. The minimum absolute atomic E-state index is 0.626. The van der Waals surface area contributed by atoms with Crippen molar-refractivity contribution in [2.24, 2.45) is 5.92 Å². The Labute approximate surface area is 167 Å². The van der Waals surface area contributed by atoms with E-state index >= 15 is 0 Å². The van der Waals surface area contributed by atoms with Crippen LogP contribution in [0.4, 0.5) is 5.82 Å². The smallest absolute Gasteiger partial charge is 0.135 e. The summed E-state index contributed by atoms with van der Waals surface area (Å²) in [6.45, 7) is 22.1. The summed E-state index contributed by atoms with van der Waals surface area (Å²) in [6.07, 6.45) is 4.11. The molecule has 0 N–H and O–H groups in total. The summed E-state index contributed by atoms with van der Waals surface area (Å²) < 4.78 is 0. The Morgan fingerprint density at radius 3 is 2.15 bits per heavy atom. The number of rotatable bonds is 5. The average molecular weight is 376 g/mol. The van der Waals surface area contributed by atoms with Crippen LogP contribution >= 0.6 is 0 Å². The third-order valence-electron chi connectivity index (χ3n) is 5.79. The van der Waals surface area contributed by atoms with Crippen LogP contribution in [-0.2, 0) is 13.0 Å². The second kappa shape index (κ2) is 10.4. The van der Waals surface area contributed by atoms with Crippen LogP contribution in [0.1, 0.15) is 66.1 Å². The van der Waals surface area contributed by atoms with E-state index in [4.69, 9.17) is 0 Å². The highest BCUT2D eigenvalue weighted by molar-refractivity contribution is 5.50. The lowest BCUT2D eigenvalue weighted by Gasteiger charge is -2.39. The first-order valence-corrected chi connectivity index (χ1v) is 11.0. The second-order valence-electron chi connectivity index (χ2n) is 8.44. The van der Waals surface area contributed by atoms with Crippen LogP contribution in [0.25, 0.3) is 0 Å². The molecule has 0 spiro atoms. The molecular weight excluding hydrogens is 334 g/mol. The van der Waals surface area contributed by atoms with Crippen molar-refractivity contribution >= 4 is 5.82 Å². The Morgan fingerprint density at radius 1 is 0.889 bits per heavy atom. The lowest BCUT2D eigenvalue weighted by molar-refractivity contribution is 0.167. The van der Waals surface area contributed by atoms with Gasteiger partial charge in [0.15, 0.2) is 0 Å². The Morgan fingerprint density at radius 2 is 1.56 bits per heavy atom. The third kappa shape index (κ3) is 5.64. The van der Waals surface area contributed by atoms with Crippen LogP contribution < -0.4 is 4.90 Å². The monoisotopic (exact) mass is 375 g/mol. The first-order valence-electron chi connectivity index (χ1n) is 11.0. The van der Waals surface area contributed by atoms with Crippen LogP contribution in [0.3, 0.4) is 0 Å². The van der Waals surface area contributed by atoms with Gasteiger partial charge in [0.1, 0.15) is 12.1 Å². The van der Waals surface area contributed by atoms with Gasteiger partial charge in [-0.1, -0.05) is 27.7 Å². The van der Waals surface area contributed by atoms with Crippen molar-refractivity contribution in [3.63, 3.8) is 0 Å². The molecule has 2 aliphatic rings. The molecule has 5 nitrogen and oxygen atoms in total. The van der Waals surface area contributed by atoms with Gasteiger partial charge in [0.05, 0.1) is 5.69 Å². The van der Waals surface area contributed by atoms with E-state index in [0.717, 1.165) is 51.6 Å². The summed E-state index contributed by atoms with van der Waals surface area (Å²) in [7, 11) is 0. The molecule has 1 aromatic rings. The zero-order chi connectivity index (χ0) is 20.0. The third-order valence-corrected chi connectivity index (χ3v) is 5.79. The maximum Gasteiger partial charge on any atom is 0.135 e. The fourth-order valence-corrected chi connectivity index (χ4v) is 4.29. The number of anilines is 1. The predicted octanol–water partition coefficient (Wildman–Crippen LogP) is 3.83. The lowest BCUT2D eigenvalue weighted by Crippen LogP contribution is -2.49. The molecule has 0 saturated carbocycles. The quantitative estimate of drug-likeness (QED) is 0.782. The van der Waals surface area contributed by atoms with Crippen LogP contribution in [0, 0.1) is 5.92 Å². The summed E-state index contributed by atoms with van der Waals surface area (Å²) >= 11 is 0. The van der Waals surface area contributed by atoms with Crippen LogP contribution in [0.15, 0.2) is 6.33 Å². The number of nitrogens with zero attached hydrogens (tertiary/aromatic N) is 5. The Balaban J connectivity index is 0.00000126. The Bertz CT molecular complexity index is 564. The van der Waals surface area contributed by atoms with Gasteiger partial charge < -0.3 is 4.90 Å². The van der Waals surface area contributed by atoms with Gasteiger partial charge >= 0.3 is 0 Å². The standard InChI is InChI=1S/C20H35N5.C2H6/c1-15(2)12-17(5)25-7-6-18-19(13-25)21-14-22-20(18)24-10-8-23(9-11-24)16(3)4;1-2/h14-17H,6-13H2,1-5H3;1-2H3. The number of hydrogen-bond acceptors (Lipinski definition) is 5. The number of hydrogen-bond donors (Lipinski definition) is 0. The molecule has 0 aromatic carbocycles. The summed E-state index contributed by atoms with van der Waals surface area (Å²) in [5.74, 6) is 1.94. The van der Waals surface area contributed by atoms with Crippen molar-refractivity contribution in [3.8, 4) is 0 Å². The van der Waals surface area contributed by atoms with Crippen LogP contribution in [0.5, 0.6) is 0 Å². The topological polar surface area (TPSA) is 35.5 Å². The fraction of sp³-hybridized carbons (Fsp3) is 0.818. The van der Waals surface area contributed by atoms with Crippen molar-refractivity contribution in [2.45, 2.75) is 79.9 Å². The van der Waals surface area contributed by atoms with E-state index in [1.807, 2.05) is 13.8 Å². The normalized spacial score (nSPS) is 19.7. The molecule has 3 rings (SSSR count). The molecule has 0 aliphatic carbocycles. The maximum atomic E-state index is 4.68.